The molecule has 0 saturated carbocycles. The number of unbranched alkanes of at least 4 members (excludes halogenated alkanes) is 1. The summed E-state index contributed by atoms with van der Waals surface area (Å²) >= 11 is 0. The molecule has 0 aromatic heterocycles. The van der Waals surface area contributed by atoms with Gasteiger partial charge in [-0.25, -0.2) is 9.59 Å². The van der Waals surface area contributed by atoms with Gasteiger partial charge < -0.3 is 14.6 Å². The second-order valence-electron chi connectivity index (χ2n) is 2.19. The Labute approximate surface area is 75.9 Å². The molecular formula is C8H12O5. The topological polar surface area (TPSA) is 72.8 Å². The van der Waals surface area contributed by atoms with Crippen LogP contribution in [0, 0.1) is 0 Å². The molecule has 13 heavy (non-hydrogen) atoms. The fraction of sp³-hybridized carbons (Fsp3) is 0.500. The van der Waals surface area contributed by atoms with Crippen molar-refractivity contribution in [2.75, 3.05) is 13.2 Å². The number of carbonyl (C=O) groups is 2. The van der Waals surface area contributed by atoms with Gasteiger partial charge in [-0.2, -0.15) is 0 Å². The molecule has 5 heteroatoms. The van der Waals surface area contributed by atoms with Crippen molar-refractivity contribution < 1.29 is 24.2 Å². The average Bonchev–Trinajstić information content (AvgIpc) is 2.10. The Hall–Kier alpha value is -1.52. The zero-order valence-electron chi connectivity index (χ0n) is 7.19. The van der Waals surface area contributed by atoms with Gasteiger partial charge in [0.25, 0.3) is 0 Å². The molecule has 0 atom stereocenters. The van der Waals surface area contributed by atoms with Gasteiger partial charge in [0.2, 0.25) is 0 Å². The van der Waals surface area contributed by atoms with E-state index in [2.05, 4.69) is 16.1 Å². The fourth-order valence-electron chi connectivity index (χ4n) is 0.595. The molecule has 0 aliphatic carbocycles. The minimum absolute atomic E-state index is 0.126. The van der Waals surface area contributed by atoms with Crippen LogP contribution in [0.2, 0.25) is 0 Å². The first kappa shape index (κ1) is 11.5. The van der Waals surface area contributed by atoms with Crippen LogP contribution in [0.4, 0.5) is 4.79 Å². The maximum absolute atomic E-state index is 10.5. The molecule has 0 rings (SSSR count). The third-order valence-electron chi connectivity index (χ3n) is 1.18. The fourth-order valence-corrected chi connectivity index (χ4v) is 0.595. The number of carbonyl (C=O) groups excluding carboxylic acids is 1. The van der Waals surface area contributed by atoms with Crippen molar-refractivity contribution in [1.29, 1.82) is 0 Å². The van der Waals surface area contributed by atoms with Gasteiger partial charge in [-0.3, -0.25) is 0 Å². The summed E-state index contributed by atoms with van der Waals surface area (Å²) < 4.78 is 8.87. The van der Waals surface area contributed by atoms with Crippen molar-refractivity contribution in [3.63, 3.8) is 0 Å². The lowest BCUT2D eigenvalue weighted by Gasteiger charge is -2.01. The Bertz CT molecular complexity index is 187. The number of hydrogen-bond acceptors (Lipinski definition) is 4. The standard InChI is InChI=1S/C8H12O5/c1-2-7(9)12-5-3-4-6-13-8(10)11/h2H,1,3-6H2,(H,10,11). The van der Waals surface area contributed by atoms with E-state index in [1.54, 1.807) is 0 Å². The summed E-state index contributed by atoms with van der Waals surface area (Å²) in [6, 6.07) is 0. The Morgan fingerprint density at radius 3 is 2.23 bits per heavy atom. The molecule has 5 nitrogen and oxygen atoms in total. The monoisotopic (exact) mass is 188 g/mol. The van der Waals surface area contributed by atoms with E-state index < -0.39 is 12.1 Å². The van der Waals surface area contributed by atoms with Crippen LogP contribution < -0.4 is 0 Å². The number of ether oxygens (including phenoxy) is 2. The van der Waals surface area contributed by atoms with Crippen LogP contribution in [-0.2, 0) is 14.3 Å². The highest BCUT2D eigenvalue weighted by Gasteiger charge is 1.97. The van der Waals surface area contributed by atoms with E-state index in [9.17, 15) is 9.59 Å². The molecule has 0 heterocycles. The second kappa shape index (κ2) is 7.15. The highest BCUT2D eigenvalue weighted by atomic mass is 16.7. The lowest BCUT2D eigenvalue weighted by atomic mass is 10.3. The number of carboxylic acid groups (broad SMARTS) is 1. The first-order chi connectivity index (χ1) is 6.16. The first-order valence-corrected chi connectivity index (χ1v) is 3.81. The predicted molar refractivity (Wildman–Crippen MR) is 44.4 cm³/mol. The molecule has 0 aliphatic heterocycles. The molecule has 0 spiro atoms. The Balaban J connectivity index is 3.12. The second-order valence-corrected chi connectivity index (χ2v) is 2.19. The van der Waals surface area contributed by atoms with Gasteiger partial charge in [-0.05, 0) is 12.8 Å². The number of hydrogen-bond donors (Lipinski definition) is 1. The zero-order chi connectivity index (χ0) is 10.1. The minimum atomic E-state index is -1.29. The van der Waals surface area contributed by atoms with E-state index >= 15 is 0 Å². The van der Waals surface area contributed by atoms with Crippen molar-refractivity contribution in [2.45, 2.75) is 12.8 Å². The highest BCUT2D eigenvalue weighted by Crippen LogP contribution is 1.92. The average molecular weight is 188 g/mol. The van der Waals surface area contributed by atoms with Crippen LogP contribution in [-0.4, -0.2) is 30.4 Å². The maximum Gasteiger partial charge on any atom is 0.505 e. The van der Waals surface area contributed by atoms with Gasteiger partial charge in [-0.15, -0.1) is 0 Å². The van der Waals surface area contributed by atoms with Gasteiger partial charge in [-0.1, -0.05) is 6.58 Å². The van der Waals surface area contributed by atoms with E-state index in [-0.39, 0.29) is 13.2 Å². The van der Waals surface area contributed by atoms with Crippen LogP contribution in [0.3, 0.4) is 0 Å². The van der Waals surface area contributed by atoms with Gasteiger partial charge in [0.1, 0.15) is 0 Å². The Morgan fingerprint density at radius 2 is 1.77 bits per heavy atom. The summed E-state index contributed by atoms with van der Waals surface area (Å²) in [7, 11) is 0. The van der Waals surface area contributed by atoms with E-state index in [1.165, 1.54) is 0 Å². The van der Waals surface area contributed by atoms with Gasteiger partial charge in [0.15, 0.2) is 0 Å². The summed E-state index contributed by atoms with van der Waals surface area (Å²) in [4.78, 5) is 20.4. The van der Waals surface area contributed by atoms with Crippen molar-refractivity contribution in [3.8, 4) is 0 Å². The molecule has 0 amide bonds. The lowest BCUT2D eigenvalue weighted by molar-refractivity contribution is -0.137. The Morgan fingerprint density at radius 1 is 1.23 bits per heavy atom. The molecule has 0 radical (unpaired) electrons. The molecule has 0 saturated heterocycles. The normalized spacial score (nSPS) is 8.92. The van der Waals surface area contributed by atoms with Gasteiger partial charge in [0.05, 0.1) is 13.2 Å². The van der Waals surface area contributed by atoms with Crippen molar-refractivity contribution in [3.05, 3.63) is 12.7 Å². The number of esters is 1. The van der Waals surface area contributed by atoms with Crippen molar-refractivity contribution in [1.82, 2.24) is 0 Å². The van der Waals surface area contributed by atoms with E-state index in [0.717, 1.165) is 6.08 Å². The van der Waals surface area contributed by atoms with Crippen LogP contribution in [0.1, 0.15) is 12.8 Å². The van der Waals surface area contributed by atoms with Crippen LogP contribution in [0.25, 0.3) is 0 Å². The summed E-state index contributed by atoms with van der Waals surface area (Å²) in [5, 5.41) is 8.08. The smallest absolute Gasteiger partial charge is 0.463 e. The van der Waals surface area contributed by atoms with Crippen molar-refractivity contribution >= 4 is 12.1 Å². The SMILES string of the molecule is C=CC(=O)OCCCCOC(=O)O. The molecule has 0 unspecified atom stereocenters. The molecule has 1 N–H and O–H groups in total. The summed E-state index contributed by atoms with van der Waals surface area (Å²) in [5.41, 5.74) is 0. The Kier molecular flexibility index (Phi) is 6.31. The summed E-state index contributed by atoms with van der Waals surface area (Å²) in [5.74, 6) is -0.473. The van der Waals surface area contributed by atoms with E-state index in [0.29, 0.717) is 12.8 Å². The van der Waals surface area contributed by atoms with Crippen LogP contribution in [0.5, 0.6) is 0 Å². The summed E-state index contributed by atoms with van der Waals surface area (Å²) in [6.45, 7) is 3.61. The first-order valence-electron chi connectivity index (χ1n) is 3.81. The third-order valence-corrected chi connectivity index (χ3v) is 1.18. The molecule has 0 aromatic carbocycles. The minimum Gasteiger partial charge on any atom is -0.463 e. The van der Waals surface area contributed by atoms with Crippen molar-refractivity contribution in [2.24, 2.45) is 0 Å². The van der Waals surface area contributed by atoms with Crippen LogP contribution in [0.15, 0.2) is 12.7 Å². The largest absolute Gasteiger partial charge is 0.505 e. The molecule has 74 valence electrons. The molecular weight excluding hydrogens is 176 g/mol. The zero-order valence-corrected chi connectivity index (χ0v) is 7.19. The molecule has 0 fully saturated rings. The lowest BCUT2D eigenvalue weighted by Crippen LogP contribution is -2.05. The predicted octanol–water partition coefficient (Wildman–Crippen LogP) is 1.19. The third kappa shape index (κ3) is 8.39. The maximum atomic E-state index is 10.5. The highest BCUT2D eigenvalue weighted by molar-refractivity contribution is 5.81. The van der Waals surface area contributed by atoms with E-state index in [1.807, 2.05) is 0 Å². The van der Waals surface area contributed by atoms with E-state index in [4.69, 9.17) is 5.11 Å². The summed E-state index contributed by atoms with van der Waals surface area (Å²) in [6.07, 6.45) is 0.903. The molecule has 0 bridgehead atoms. The van der Waals surface area contributed by atoms with Gasteiger partial charge >= 0.3 is 12.1 Å². The quantitative estimate of drug-likeness (QED) is 0.385. The molecule has 0 aliphatic rings. The van der Waals surface area contributed by atoms with Gasteiger partial charge in [0, 0.05) is 6.08 Å². The van der Waals surface area contributed by atoms with Crippen LogP contribution >= 0.6 is 0 Å². The number of rotatable bonds is 6. The molecule has 0 aromatic rings.